The number of aromatic nitrogens is 1. The molecule has 3 aromatic rings. The fourth-order valence-electron chi connectivity index (χ4n) is 3.06. The van der Waals surface area contributed by atoms with Crippen LogP contribution in [0.4, 0.5) is 15.8 Å². The van der Waals surface area contributed by atoms with Crippen molar-refractivity contribution in [3.8, 4) is 0 Å². The lowest BCUT2D eigenvalue weighted by atomic mass is 10.0. The van der Waals surface area contributed by atoms with Gasteiger partial charge in [-0.15, -0.1) is 11.3 Å². The van der Waals surface area contributed by atoms with Gasteiger partial charge in [0.15, 0.2) is 0 Å². The monoisotopic (exact) mass is 356 g/mol. The van der Waals surface area contributed by atoms with Crippen molar-refractivity contribution in [2.75, 3.05) is 24.6 Å². The highest BCUT2D eigenvalue weighted by Crippen LogP contribution is 2.35. The van der Waals surface area contributed by atoms with Gasteiger partial charge < -0.3 is 16.0 Å². The maximum Gasteiger partial charge on any atom is 0.267 e. The number of thiophene rings is 1. The van der Waals surface area contributed by atoms with Crippen LogP contribution in [0.5, 0.6) is 0 Å². The quantitative estimate of drug-likeness (QED) is 0.739. The number of rotatable bonds is 2. The third-order valence-electron chi connectivity index (χ3n) is 4.35. The molecule has 0 saturated heterocycles. The maximum absolute atomic E-state index is 13.3. The van der Waals surface area contributed by atoms with Crippen LogP contribution in [0.25, 0.3) is 10.2 Å². The highest BCUT2D eigenvalue weighted by atomic mass is 32.1. The fraction of sp³-hybridized carbons (Fsp3) is 0.222. The molecule has 0 unspecified atom stereocenters. The van der Waals surface area contributed by atoms with E-state index in [4.69, 9.17) is 10.7 Å². The molecular formula is C18H17FN4OS. The Hall–Kier alpha value is -2.51. The van der Waals surface area contributed by atoms with E-state index in [9.17, 15) is 9.18 Å². The summed E-state index contributed by atoms with van der Waals surface area (Å²) in [5, 5.41) is 3.50. The van der Waals surface area contributed by atoms with Crippen LogP contribution in [0.15, 0.2) is 30.3 Å². The smallest absolute Gasteiger partial charge is 0.267 e. The van der Waals surface area contributed by atoms with E-state index in [1.807, 2.05) is 6.07 Å². The average molecular weight is 356 g/mol. The average Bonchev–Trinajstić information content (AvgIpc) is 2.89. The van der Waals surface area contributed by atoms with Gasteiger partial charge >= 0.3 is 0 Å². The van der Waals surface area contributed by atoms with E-state index in [1.54, 1.807) is 12.1 Å². The lowest BCUT2D eigenvalue weighted by Gasteiger charge is -2.24. The Morgan fingerprint density at radius 2 is 2.24 bits per heavy atom. The summed E-state index contributed by atoms with van der Waals surface area (Å²) in [6.07, 6.45) is 0.893. The molecule has 1 aliphatic rings. The Bertz CT molecular complexity index is 985. The number of amides is 1. The minimum Gasteiger partial charge on any atom is -0.397 e. The van der Waals surface area contributed by atoms with Crippen molar-refractivity contribution in [2.24, 2.45) is 0 Å². The van der Waals surface area contributed by atoms with Crippen LogP contribution in [0.2, 0.25) is 0 Å². The summed E-state index contributed by atoms with van der Waals surface area (Å²) >= 11 is 1.27. The number of hydrogen-bond donors (Lipinski definition) is 2. The number of anilines is 2. The van der Waals surface area contributed by atoms with Crippen molar-refractivity contribution in [3.63, 3.8) is 0 Å². The van der Waals surface area contributed by atoms with Crippen molar-refractivity contribution in [2.45, 2.75) is 13.0 Å². The number of likely N-dealkylation sites (N-methyl/N-ethyl adjacent to an activating group) is 1. The normalized spacial score (nSPS) is 14.5. The number of carbonyl (C=O) groups is 1. The first-order valence-corrected chi connectivity index (χ1v) is 8.79. The molecule has 0 fully saturated rings. The third-order valence-corrected chi connectivity index (χ3v) is 5.46. The van der Waals surface area contributed by atoms with Crippen LogP contribution < -0.4 is 11.1 Å². The molecule has 4 rings (SSSR count). The molecule has 2 aromatic heterocycles. The van der Waals surface area contributed by atoms with Gasteiger partial charge in [0.1, 0.15) is 15.5 Å². The highest BCUT2D eigenvalue weighted by Gasteiger charge is 2.21. The molecule has 0 saturated carbocycles. The minimum atomic E-state index is -0.402. The van der Waals surface area contributed by atoms with E-state index in [-0.39, 0.29) is 5.91 Å². The summed E-state index contributed by atoms with van der Waals surface area (Å²) in [5.41, 5.74) is 9.27. The Morgan fingerprint density at radius 3 is 3.04 bits per heavy atom. The van der Waals surface area contributed by atoms with Crippen molar-refractivity contribution in [1.82, 2.24) is 9.88 Å². The SMILES string of the molecule is CN1CCc2nc3sc(C(=O)Nc4cccc(F)c4)c(N)c3cc2C1. The molecule has 0 bridgehead atoms. The van der Waals surface area contributed by atoms with Gasteiger partial charge in [-0.3, -0.25) is 4.79 Å². The number of nitrogen functional groups attached to an aromatic ring is 1. The Morgan fingerprint density at radius 1 is 1.40 bits per heavy atom. The van der Waals surface area contributed by atoms with Gasteiger partial charge in [-0.1, -0.05) is 6.07 Å². The molecular weight excluding hydrogens is 339 g/mol. The topological polar surface area (TPSA) is 71.2 Å². The van der Waals surface area contributed by atoms with E-state index in [0.29, 0.717) is 16.3 Å². The predicted molar refractivity (Wildman–Crippen MR) is 98.4 cm³/mol. The molecule has 5 nitrogen and oxygen atoms in total. The molecule has 0 aliphatic carbocycles. The third kappa shape index (κ3) is 2.96. The molecule has 128 valence electrons. The Kier molecular flexibility index (Phi) is 3.89. The van der Waals surface area contributed by atoms with E-state index < -0.39 is 5.82 Å². The van der Waals surface area contributed by atoms with Gasteiger partial charge in [0, 0.05) is 36.3 Å². The van der Waals surface area contributed by atoms with Gasteiger partial charge in [0.2, 0.25) is 0 Å². The standard InChI is InChI=1S/C18H17FN4OS/c1-23-6-5-14-10(9-23)7-13-15(20)16(25-18(13)22-14)17(24)21-12-4-2-3-11(19)8-12/h2-4,7-8H,5-6,9,20H2,1H3,(H,21,24). The molecule has 0 radical (unpaired) electrons. The van der Waals surface area contributed by atoms with Crippen LogP contribution in [0.1, 0.15) is 20.9 Å². The number of nitrogens with zero attached hydrogens (tertiary/aromatic N) is 2. The number of halogens is 1. The van der Waals surface area contributed by atoms with E-state index >= 15 is 0 Å². The zero-order valence-corrected chi connectivity index (χ0v) is 14.5. The molecule has 1 aromatic carbocycles. The summed E-state index contributed by atoms with van der Waals surface area (Å²) < 4.78 is 13.3. The van der Waals surface area contributed by atoms with Crippen molar-refractivity contribution < 1.29 is 9.18 Å². The molecule has 0 spiro atoms. The Labute approximate surface area is 148 Å². The molecule has 1 aliphatic heterocycles. The van der Waals surface area contributed by atoms with Crippen LogP contribution in [0.3, 0.4) is 0 Å². The van der Waals surface area contributed by atoms with Crippen LogP contribution in [-0.2, 0) is 13.0 Å². The van der Waals surface area contributed by atoms with Crippen LogP contribution in [-0.4, -0.2) is 29.4 Å². The molecule has 7 heteroatoms. The number of carbonyl (C=O) groups excluding carboxylic acids is 1. The first-order valence-electron chi connectivity index (χ1n) is 7.97. The molecule has 3 heterocycles. The van der Waals surface area contributed by atoms with Crippen molar-refractivity contribution >= 4 is 38.8 Å². The maximum atomic E-state index is 13.3. The van der Waals surface area contributed by atoms with E-state index in [2.05, 4.69) is 17.3 Å². The van der Waals surface area contributed by atoms with Gasteiger partial charge in [-0.05, 0) is 36.9 Å². The summed E-state index contributed by atoms with van der Waals surface area (Å²) in [5.74, 6) is -0.748. The van der Waals surface area contributed by atoms with E-state index in [0.717, 1.165) is 41.0 Å². The predicted octanol–water partition coefficient (Wildman–Crippen LogP) is 3.26. The zero-order valence-electron chi connectivity index (χ0n) is 13.7. The largest absolute Gasteiger partial charge is 0.397 e. The second kappa shape index (κ2) is 6.09. The van der Waals surface area contributed by atoms with Crippen molar-refractivity contribution in [3.05, 3.63) is 52.3 Å². The summed E-state index contributed by atoms with van der Waals surface area (Å²) in [4.78, 5) is 20.7. The van der Waals surface area contributed by atoms with Gasteiger partial charge in [0.05, 0.1) is 5.69 Å². The minimum absolute atomic E-state index is 0.346. The number of pyridine rings is 1. The number of nitrogens with two attached hydrogens (primary N) is 1. The summed E-state index contributed by atoms with van der Waals surface area (Å²) in [6, 6.07) is 7.82. The van der Waals surface area contributed by atoms with Gasteiger partial charge in [-0.2, -0.15) is 0 Å². The van der Waals surface area contributed by atoms with E-state index in [1.165, 1.54) is 23.5 Å². The molecule has 25 heavy (non-hydrogen) atoms. The van der Waals surface area contributed by atoms with Crippen LogP contribution >= 0.6 is 11.3 Å². The van der Waals surface area contributed by atoms with Crippen molar-refractivity contribution in [1.29, 1.82) is 0 Å². The first kappa shape index (κ1) is 16.0. The molecule has 3 N–H and O–H groups in total. The first-order chi connectivity index (χ1) is 12.0. The number of nitrogens with one attached hydrogen (secondary N) is 1. The summed E-state index contributed by atoms with van der Waals surface area (Å²) in [7, 11) is 2.07. The molecule has 0 atom stereocenters. The van der Waals surface area contributed by atoms with Crippen LogP contribution in [0, 0.1) is 5.82 Å². The lowest BCUT2D eigenvalue weighted by molar-refractivity contribution is 0.103. The number of hydrogen-bond acceptors (Lipinski definition) is 5. The number of fused-ring (bicyclic) bond motifs is 2. The second-order valence-corrected chi connectivity index (χ2v) is 7.24. The zero-order chi connectivity index (χ0) is 17.6. The lowest BCUT2D eigenvalue weighted by Crippen LogP contribution is -2.27. The van der Waals surface area contributed by atoms with Gasteiger partial charge in [0.25, 0.3) is 5.91 Å². The Balaban J connectivity index is 1.70. The highest BCUT2D eigenvalue weighted by molar-refractivity contribution is 7.21. The van der Waals surface area contributed by atoms with Gasteiger partial charge in [-0.25, -0.2) is 9.37 Å². The summed E-state index contributed by atoms with van der Waals surface area (Å²) in [6.45, 7) is 1.80. The number of benzene rings is 1. The molecule has 1 amide bonds. The second-order valence-electron chi connectivity index (χ2n) is 6.24. The fourth-order valence-corrected chi connectivity index (χ4v) is 4.05.